The number of rotatable bonds is 4. The van der Waals surface area contributed by atoms with Gasteiger partial charge in [0.1, 0.15) is 12.4 Å². The summed E-state index contributed by atoms with van der Waals surface area (Å²) < 4.78 is 91.1. The van der Waals surface area contributed by atoms with Gasteiger partial charge in [0.05, 0.1) is 30.7 Å². The topological polar surface area (TPSA) is 112 Å². The number of piperazine rings is 1. The second-order valence-electron chi connectivity index (χ2n) is 6.95. The van der Waals surface area contributed by atoms with Crippen LogP contribution in [0.2, 0.25) is 0 Å². The van der Waals surface area contributed by atoms with Crippen LogP contribution in [-0.4, -0.2) is 73.7 Å². The predicted molar refractivity (Wildman–Crippen MR) is 122 cm³/mol. The van der Waals surface area contributed by atoms with Gasteiger partial charge in [-0.25, -0.2) is 4.98 Å². The number of carbonyl (C=O) groups excluding carboxylic acids is 1. The molecule has 1 atom stereocenters. The van der Waals surface area contributed by atoms with Crippen molar-refractivity contribution in [2.24, 2.45) is 0 Å². The molecule has 2 aliphatic heterocycles. The number of benzene rings is 2. The number of amides is 1. The molecule has 1 fully saturated rings. The first kappa shape index (κ1) is 13.6. The van der Waals surface area contributed by atoms with Gasteiger partial charge in [-0.1, -0.05) is 12.1 Å². The van der Waals surface area contributed by atoms with Crippen LogP contribution in [0.3, 0.4) is 0 Å². The molecule has 10 heteroatoms. The van der Waals surface area contributed by atoms with Crippen molar-refractivity contribution in [3.8, 4) is 23.0 Å². The molecule has 3 aromatic rings. The van der Waals surface area contributed by atoms with Crippen LogP contribution in [0.1, 0.15) is 11.0 Å². The molecule has 2 aliphatic rings. The summed E-state index contributed by atoms with van der Waals surface area (Å²) in [6.07, 6.45) is -1.59. The summed E-state index contributed by atoms with van der Waals surface area (Å²) in [7, 11) is 2.76. The number of carbonyl (C=O) groups is 1. The second-order valence-corrected chi connectivity index (χ2v) is 6.95. The van der Waals surface area contributed by atoms with E-state index in [1.54, 1.807) is 18.2 Å². The van der Waals surface area contributed by atoms with Crippen molar-refractivity contribution in [3.63, 3.8) is 0 Å². The van der Waals surface area contributed by atoms with E-state index in [2.05, 4.69) is 9.97 Å². The van der Waals surface area contributed by atoms with Crippen LogP contribution in [0.5, 0.6) is 23.0 Å². The molecular weight excluding hydrogens is 426 g/mol. The zero-order chi connectivity index (χ0) is 30.1. The van der Waals surface area contributed by atoms with Crippen molar-refractivity contribution >= 4 is 28.6 Å². The van der Waals surface area contributed by atoms with E-state index in [-0.39, 0.29) is 43.8 Å². The van der Waals surface area contributed by atoms with Gasteiger partial charge in [-0.15, -0.1) is 0 Å². The maximum absolute atomic E-state index is 13.6. The van der Waals surface area contributed by atoms with E-state index in [0.29, 0.717) is 5.75 Å². The summed E-state index contributed by atoms with van der Waals surface area (Å²) in [5, 5.41) is 0.238. The number of nitrogens with zero attached hydrogens (tertiary/aromatic N) is 4. The third-order valence-electron chi connectivity index (χ3n) is 4.97. The summed E-state index contributed by atoms with van der Waals surface area (Å²) in [5.74, 6) is -1.43. The molecule has 2 aromatic carbocycles. The van der Waals surface area contributed by atoms with Crippen molar-refractivity contribution in [1.82, 2.24) is 14.9 Å². The van der Waals surface area contributed by atoms with Crippen LogP contribution >= 0.6 is 0 Å². The Morgan fingerprint density at radius 2 is 1.79 bits per heavy atom. The summed E-state index contributed by atoms with van der Waals surface area (Å²) in [6, 6.07) is 9.16. The highest BCUT2D eigenvalue weighted by Gasteiger charge is 2.33. The Balaban J connectivity index is 1.61. The Labute approximate surface area is 202 Å². The number of nitrogen functional groups attached to an aromatic ring is 1. The molecule has 1 aromatic heterocycles. The minimum Gasteiger partial charge on any atom is -0.493 e. The van der Waals surface area contributed by atoms with E-state index in [1.807, 2.05) is 0 Å². The minimum absolute atomic E-state index is 0.0581. The lowest BCUT2D eigenvalue weighted by atomic mass is 10.2. The number of methoxy groups -OCH3 is 2. The summed E-state index contributed by atoms with van der Waals surface area (Å²) >= 11 is 0. The predicted octanol–water partition coefficient (Wildman–Crippen LogP) is 1.72. The molecule has 172 valence electrons. The maximum atomic E-state index is 13.6. The molecular formula is C23H25N5O5. The molecule has 3 heterocycles. The van der Waals surface area contributed by atoms with Crippen LogP contribution in [0, 0.1) is 0 Å². The number of anilines is 2. The number of nitrogens with two attached hydrogens (primary N) is 1. The van der Waals surface area contributed by atoms with Gasteiger partial charge >= 0.3 is 0 Å². The third kappa shape index (κ3) is 3.88. The van der Waals surface area contributed by atoms with E-state index in [9.17, 15) is 4.79 Å². The molecule has 1 saturated heterocycles. The largest absolute Gasteiger partial charge is 0.493 e. The molecule has 33 heavy (non-hydrogen) atoms. The average Bonchev–Trinajstić information content (AvgIpc) is 2.90. The lowest BCUT2D eigenvalue weighted by Crippen LogP contribution is -2.54. The van der Waals surface area contributed by atoms with Crippen LogP contribution in [-0.2, 0) is 4.79 Å². The molecule has 1 amide bonds. The first-order chi connectivity index (χ1) is 19.1. The van der Waals surface area contributed by atoms with Crippen LogP contribution in [0.25, 0.3) is 10.9 Å². The number of fused-ring (bicyclic) bond motifs is 2. The molecule has 0 unspecified atom stereocenters. The van der Waals surface area contributed by atoms with Gasteiger partial charge in [0.15, 0.2) is 23.0 Å². The third-order valence-corrected chi connectivity index (χ3v) is 4.97. The highest BCUT2D eigenvalue weighted by Crippen LogP contribution is 2.34. The highest BCUT2D eigenvalue weighted by molar-refractivity contribution is 5.91. The van der Waals surface area contributed by atoms with Crippen LogP contribution < -0.4 is 29.6 Å². The van der Waals surface area contributed by atoms with Crippen molar-refractivity contribution in [1.29, 1.82) is 0 Å². The van der Waals surface area contributed by atoms with E-state index < -0.39 is 50.6 Å². The molecule has 0 saturated carbocycles. The number of hydrogen-bond donors (Lipinski definition) is 1. The standard InChI is InChI=1S/C23H25N5O5/c1-30-18-11-14-15(12-19(18)31-2)25-23(26-21(14)24)28-9-7-27(8-10-28)22(29)20-13-32-16-5-3-4-6-17(16)33-20/h3-6,11-12,20H,7-10,13H2,1-2H3,(H2,24,25,26)/t20-/m1/s1/i7D2,8D2,9D2,10D2. The SMILES string of the molecule is [2H]C1([2H])N(C(=O)[C@H]2COc3ccccc3O2)C([2H])([2H])C([2H])([2H])N(c2nc(N)c3cc(OC)c(OC)cc3n2)C1([2H])[2H]. The fourth-order valence-corrected chi connectivity index (χ4v) is 3.32. The van der Waals surface area contributed by atoms with Crippen LogP contribution in [0.15, 0.2) is 36.4 Å². The fourth-order valence-electron chi connectivity index (χ4n) is 3.32. The van der Waals surface area contributed by atoms with Gasteiger partial charge in [-0.3, -0.25) is 4.79 Å². The average molecular weight is 460 g/mol. The number of para-hydroxylation sites is 2. The van der Waals surface area contributed by atoms with Gasteiger partial charge in [0.25, 0.3) is 5.91 Å². The zero-order valence-corrected chi connectivity index (χ0v) is 17.7. The van der Waals surface area contributed by atoms with Crippen molar-refractivity contribution in [3.05, 3.63) is 36.4 Å². The van der Waals surface area contributed by atoms with Crippen LogP contribution in [0.4, 0.5) is 11.8 Å². The highest BCUT2D eigenvalue weighted by atomic mass is 16.6. The summed E-state index contributed by atoms with van der Waals surface area (Å²) in [4.78, 5) is 21.8. The lowest BCUT2D eigenvalue weighted by Gasteiger charge is -2.37. The van der Waals surface area contributed by atoms with Gasteiger partial charge in [-0.2, -0.15) is 4.98 Å². The van der Waals surface area contributed by atoms with E-state index in [0.717, 1.165) is 0 Å². The fraction of sp³-hybridized carbons (Fsp3) is 0.348. The Kier molecular flexibility index (Phi) is 3.51. The van der Waals surface area contributed by atoms with E-state index >= 15 is 0 Å². The Morgan fingerprint density at radius 1 is 1.09 bits per heavy atom. The van der Waals surface area contributed by atoms with Crippen molar-refractivity contribution < 1.29 is 34.7 Å². The molecule has 0 bridgehead atoms. The van der Waals surface area contributed by atoms with Gasteiger partial charge < -0.3 is 34.5 Å². The van der Waals surface area contributed by atoms with Gasteiger partial charge in [0.2, 0.25) is 12.1 Å². The zero-order valence-electron chi connectivity index (χ0n) is 25.7. The second kappa shape index (κ2) is 8.53. The molecule has 0 aliphatic carbocycles. The summed E-state index contributed by atoms with van der Waals surface area (Å²) in [5.41, 5.74) is 6.16. The first-order valence-corrected chi connectivity index (χ1v) is 9.82. The number of hydrogen-bond acceptors (Lipinski definition) is 9. The van der Waals surface area contributed by atoms with Gasteiger partial charge in [0, 0.05) is 37.4 Å². The van der Waals surface area contributed by atoms with Crippen molar-refractivity contribution in [2.45, 2.75) is 6.10 Å². The smallest absolute Gasteiger partial charge is 0.267 e. The summed E-state index contributed by atoms with van der Waals surface area (Å²) in [6.45, 7) is -14.3. The number of ether oxygens (including phenoxy) is 4. The van der Waals surface area contributed by atoms with Crippen molar-refractivity contribution in [2.75, 3.05) is 57.4 Å². The maximum Gasteiger partial charge on any atom is 0.267 e. The normalized spacial score (nSPS) is 27.4. The molecule has 2 N–H and O–H groups in total. The Bertz CT molecular complexity index is 1510. The lowest BCUT2D eigenvalue weighted by molar-refractivity contribution is -0.141. The van der Waals surface area contributed by atoms with E-state index in [1.165, 1.54) is 32.4 Å². The first-order valence-electron chi connectivity index (χ1n) is 13.8. The minimum atomic E-state index is -3.50. The Hall–Kier alpha value is -3.95. The molecule has 5 rings (SSSR count). The van der Waals surface area contributed by atoms with Gasteiger partial charge in [-0.05, 0) is 18.2 Å². The number of aromatic nitrogens is 2. The molecule has 10 nitrogen and oxygen atoms in total. The molecule has 0 spiro atoms. The quantitative estimate of drug-likeness (QED) is 0.623. The monoisotopic (exact) mass is 459 g/mol. The molecule has 0 radical (unpaired) electrons. The Morgan fingerprint density at radius 3 is 2.52 bits per heavy atom. The van der Waals surface area contributed by atoms with E-state index in [4.69, 9.17) is 35.6 Å².